The first-order valence-electron chi connectivity index (χ1n) is 12.1. The first-order chi connectivity index (χ1) is 18.1. The molecule has 1 N–H and O–H groups in total. The molecule has 0 bridgehead atoms. The summed E-state index contributed by atoms with van der Waals surface area (Å²) in [6, 6.07) is 19.0. The van der Waals surface area contributed by atoms with E-state index in [0.29, 0.717) is 22.9 Å². The third kappa shape index (κ3) is 6.85. The number of halogens is 1. The minimum absolute atomic E-state index is 0.00565. The quantitative estimate of drug-likeness (QED) is 0.377. The lowest BCUT2D eigenvalue weighted by Crippen LogP contribution is -2.51. The van der Waals surface area contributed by atoms with Crippen LogP contribution in [0, 0.1) is 6.92 Å². The van der Waals surface area contributed by atoms with Crippen molar-refractivity contribution in [2.75, 3.05) is 25.0 Å². The molecule has 3 aromatic carbocycles. The number of hydrogen-bond acceptors (Lipinski definition) is 5. The van der Waals surface area contributed by atoms with Gasteiger partial charge in [-0.25, -0.2) is 8.42 Å². The number of anilines is 1. The van der Waals surface area contributed by atoms with Crippen LogP contribution >= 0.6 is 11.6 Å². The number of rotatable bonds is 11. The molecule has 1 unspecified atom stereocenters. The van der Waals surface area contributed by atoms with Crippen LogP contribution in [0.15, 0.2) is 77.7 Å². The fraction of sp³-hybridized carbons (Fsp3) is 0.286. The van der Waals surface area contributed by atoms with Crippen molar-refractivity contribution >= 4 is 39.1 Å². The van der Waals surface area contributed by atoms with Crippen molar-refractivity contribution in [2.45, 2.75) is 37.8 Å². The molecule has 0 aliphatic carbocycles. The highest BCUT2D eigenvalue weighted by molar-refractivity contribution is 7.92. The molecule has 3 aromatic rings. The van der Waals surface area contributed by atoms with Gasteiger partial charge in [-0.1, -0.05) is 42.8 Å². The molecule has 1 atom stereocenters. The van der Waals surface area contributed by atoms with E-state index in [1.807, 2.05) is 19.1 Å². The van der Waals surface area contributed by atoms with Crippen molar-refractivity contribution < 1.29 is 22.7 Å². The summed E-state index contributed by atoms with van der Waals surface area (Å²) in [5.41, 5.74) is 1.90. The van der Waals surface area contributed by atoms with Crippen LogP contribution in [0.25, 0.3) is 0 Å². The number of nitrogens with one attached hydrogen (secondary N) is 1. The van der Waals surface area contributed by atoms with Gasteiger partial charge in [-0.3, -0.25) is 13.9 Å². The first-order valence-corrected chi connectivity index (χ1v) is 13.9. The summed E-state index contributed by atoms with van der Waals surface area (Å²) in [6.07, 6.45) is 0.337. The topological polar surface area (TPSA) is 96.0 Å². The van der Waals surface area contributed by atoms with Crippen LogP contribution in [-0.2, 0) is 26.2 Å². The highest BCUT2D eigenvalue weighted by Gasteiger charge is 2.33. The van der Waals surface area contributed by atoms with E-state index in [0.717, 1.165) is 15.4 Å². The molecule has 202 valence electrons. The van der Waals surface area contributed by atoms with Gasteiger partial charge in [-0.05, 0) is 73.0 Å². The van der Waals surface area contributed by atoms with E-state index in [1.165, 1.54) is 36.2 Å². The molecule has 0 fully saturated rings. The van der Waals surface area contributed by atoms with Crippen molar-refractivity contribution in [1.29, 1.82) is 0 Å². The Balaban J connectivity index is 2.06. The lowest BCUT2D eigenvalue weighted by atomic mass is 10.1. The zero-order chi connectivity index (χ0) is 27.9. The largest absolute Gasteiger partial charge is 0.497 e. The predicted octanol–water partition coefficient (Wildman–Crippen LogP) is 4.41. The molecule has 0 saturated carbocycles. The summed E-state index contributed by atoms with van der Waals surface area (Å²) in [5, 5.41) is 3.00. The Labute approximate surface area is 229 Å². The van der Waals surface area contributed by atoms with Crippen LogP contribution < -0.4 is 14.4 Å². The Bertz CT molecular complexity index is 1380. The van der Waals surface area contributed by atoms with E-state index in [2.05, 4.69) is 5.32 Å². The number of sulfonamides is 1. The average molecular weight is 558 g/mol. The Morgan fingerprint density at radius 3 is 2.32 bits per heavy atom. The van der Waals surface area contributed by atoms with Crippen molar-refractivity contribution in [3.05, 3.63) is 88.9 Å². The lowest BCUT2D eigenvalue weighted by Gasteiger charge is -2.33. The van der Waals surface area contributed by atoms with Crippen LogP contribution in [0.4, 0.5) is 5.69 Å². The molecule has 0 aliphatic heterocycles. The number of aryl methyl sites for hydroxylation is 1. The lowest BCUT2D eigenvalue weighted by molar-refractivity contribution is -0.140. The average Bonchev–Trinajstić information content (AvgIpc) is 2.91. The molecule has 0 aliphatic rings. The van der Waals surface area contributed by atoms with Crippen LogP contribution in [0.1, 0.15) is 24.5 Å². The van der Waals surface area contributed by atoms with Gasteiger partial charge < -0.3 is 15.0 Å². The number of carbonyl (C=O) groups is 2. The van der Waals surface area contributed by atoms with Crippen LogP contribution in [0.5, 0.6) is 5.75 Å². The summed E-state index contributed by atoms with van der Waals surface area (Å²) in [5.74, 6) is -0.261. The van der Waals surface area contributed by atoms with Crippen LogP contribution in [0.3, 0.4) is 0 Å². The SMILES string of the molecule is CCC(C(=O)NC)N(Cc1cccc(OC)c1)C(=O)CN(c1cccc(C)c1)S(=O)(=O)c1ccc(Cl)cc1. The molecule has 2 amide bonds. The molecular formula is C28H32ClN3O5S. The Hall–Kier alpha value is -3.56. The highest BCUT2D eigenvalue weighted by Crippen LogP contribution is 2.26. The number of likely N-dealkylation sites (N-methyl/N-ethyl adjacent to an activating group) is 1. The van der Waals surface area contributed by atoms with Crippen LogP contribution in [0.2, 0.25) is 5.02 Å². The fourth-order valence-corrected chi connectivity index (χ4v) is 5.63. The smallest absolute Gasteiger partial charge is 0.264 e. The second-order valence-electron chi connectivity index (χ2n) is 8.72. The van der Waals surface area contributed by atoms with E-state index in [-0.39, 0.29) is 17.3 Å². The molecule has 0 aromatic heterocycles. The molecule has 0 radical (unpaired) electrons. The number of ether oxygens (including phenoxy) is 1. The van der Waals surface area contributed by atoms with Crippen molar-refractivity contribution in [3.63, 3.8) is 0 Å². The van der Waals surface area contributed by atoms with Gasteiger partial charge in [0.15, 0.2) is 0 Å². The Morgan fingerprint density at radius 1 is 1.03 bits per heavy atom. The molecule has 8 nitrogen and oxygen atoms in total. The number of amides is 2. The number of methoxy groups -OCH3 is 1. The zero-order valence-corrected chi connectivity index (χ0v) is 23.4. The third-order valence-corrected chi connectivity index (χ3v) is 8.13. The maximum absolute atomic E-state index is 13.9. The van der Waals surface area contributed by atoms with Crippen molar-refractivity contribution in [2.24, 2.45) is 0 Å². The van der Waals surface area contributed by atoms with Gasteiger partial charge in [0, 0.05) is 18.6 Å². The minimum atomic E-state index is -4.15. The fourth-order valence-electron chi connectivity index (χ4n) is 4.10. The van der Waals surface area contributed by atoms with Gasteiger partial charge in [0.1, 0.15) is 18.3 Å². The van der Waals surface area contributed by atoms with E-state index in [9.17, 15) is 18.0 Å². The van der Waals surface area contributed by atoms with E-state index >= 15 is 0 Å². The summed E-state index contributed by atoms with van der Waals surface area (Å²) in [7, 11) is -1.10. The maximum atomic E-state index is 13.9. The molecule has 0 heterocycles. The van der Waals surface area contributed by atoms with E-state index in [4.69, 9.17) is 16.3 Å². The van der Waals surface area contributed by atoms with Crippen molar-refractivity contribution in [3.8, 4) is 5.75 Å². The van der Waals surface area contributed by atoms with Gasteiger partial charge >= 0.3 is 0 Å². The first kappa shape index (κ1) is 29.0. The van der Waals surface area contributed by atoms with Gasteiger partial charge in [0.25, 0.3) is 10.0 Å². The van der Waals surface area contributed by atoms with Gasteiger partial charge in [-0.15, -0.1) is 0 Å². The standard InChI is InChI=1S/C28H32ClN3O5S/c1-5-26(28(34)30-3)31(18-21-9-7-11-24(17-21)37-4)27(33)19-32(23-10-6-8-20(2)16-23)38(35,36)25-14-12-22(29)13-15-25/h6-17,26H,5,18-19H2,1-4H3,(H,30,34). The Kier molecular flexibility index (Phi) is 9.77. The second kappa shape index (κ2) is 12.8. The number of carbonyl (C=O) groups excluding carboxylic acids is 2. The van der Waals surface area contributed by atoms with Gasteiger partial charge in [0.2, 0.25) is 11.8 Å². The maximum Gasteiger partial charge on any atom is 0.264 e. The summed E-state index contributed by atoms with van der Waals surface area (Å²) < 4.78 is 34.0. The molecular weight excluding hydrogens is 526 g/mol. The van der Waals surface area contributed by atoms with Gasteiger partial charge in [-0.2, -0.15) is 0 Å². The predicted molar refractivity (Wildman–Crippen MR) is 149 cm³/mol. The normalized spacial score (nSPS) is 11.9. The molecule has 3 rings (SSSR count). The van der Waals surface area contributed by atoms with Crippen LogP contribution in [-0.4, -0.2) is 51.9 Å². The summed E-state index contributed by atoms with van der Waals surface area (Å²) in [6.45, 7) is 3.22. The zero-order valence-electron chi connectivity index (χ0n) is 21.8. The number of benzene rings is 3. The number of nitrogens with zero attached hydrogens (tertiary/aromatic N) is 2. The summed E-state index contributed by atoms with van der Waals surface area (Å²) in [4.78, 5) is 28.1. The molecule has 0 saturated heterocycles. The van der Waals surface area contributed by atoms with Gasteiger partial charge in [0.05, 0.1) is 17.7 Å². The third-order valence-electron chi connectivity index (χ3n) is 6.09. The summed E-state index contributed by atoms with van der Waals surface area (Å²) >= 11 is 5.98. The second-order valence-corrected chi connectivity index (χ2v) is 11.0. The molecule has 38 heavy (non-hydrogen) atoms. The van der Waals surface area contributed by atoms with E-state index in [1.54, 1.807) is 50.4 Å². The van der Waals surface area contributed by atoms with E-state index < -0.39 is 28.5 Å². The Morgan fingerprint density at radius 2 is 1.71 bits per heavy atom. The van der Waals surface area contributed by atoms with Crippen molar-refractivity contribution in [1.82, 2.24) is 10.2 Å². The molecule has 0 spiro atoms. The number of hydrogen-bond donors (Lipinski definition) is 1. The molecule has 10 heteroatoms. The minimum Gasteiger partial charge on any atom is -0.497 e. The monoisotopic (exact) mass is 557 g/mol. The highest BCUT2D eigenvalue weighted by atomic mass is 35.5.